The minimum Gasteiger partial charge on any atom is -0.365 e. The second kappa shape index (κ2) is 6.26. The van der Waals surface area contributed by atoms with Gasteiger partial charge in [0.2, 0.25) is 10.0 Å². The number of piperazine rings is 1. The van der Waals surface area contributed by atoms with Gasteiger partial charge in [-0.3, -0.25) is 4.79 Å². The van der Waals surface area contributed by atoms with Crippen LogP contribution in [0.1, 0.15) is 9.67 Å². The van der Waals surface area contributed by atoms with E-state index in [9.17, 15) is 13.2 Å². The molecule has 1 saturated heterocycles. The Morgan fingerprint density at radius 1 is 1.22 bits per heavy atom. The molecule has 0 bridgehead atoms. The lowest BCUT2D eigenvalue weighted by Crippen LogP contribution is -2.48. The maximum atomic E-state index is 12.6. The zero-order valence-corrected chi connectivity index (χ0v) is 13.9. The average Bonchev–Trinajstić information content (AvgIpc) is 3.07. The molecule has 23 heavy (non-hydrogen) atoms. The van der Waals surface area contributed by atoms with Crippen LogP contribution in [0.4, 0.5) is 5.82 Å². The summed E-state index contributed by atoms with van der Waals surface area (Å²) in [6, 6.07) is 6.99. The predicted molar refractivity (Wildman–Crippen MR) is 88.0 cm³/mol. The molecule has 0 radical (unpaired) electrons. The van der Waals surface area contributed by atoms with Crippen molar-refractivity contribution in [1.82, 2.24) is 9.29 Å². The van der Waals surface area contributed by atoms with Gasteiger partial charge in [0.1, 0.15) is 5.82 Å². The maximum Gasteiger partial charge on any atom is 0.258 e. The van der Waals surface area contributed by atoms with Crippen molar-refractivity contribution < 1.29 is 13.2 Å². The number of primary amides is 1. The van der Waals surface area contributed by atoms with Crippen molar-refractivity contribution in [2.24, 2.45) is 5.73 Å². The third-order valence-corrected chi connectivity index (χ3v) is 6.64. The van der Waals surface area contributed by atoms with E-state index in [1.807, 2.05) is 18.2 Å². The predicted octanol–water partition coefficient (Wildman–Crippen LogP) is 0.753. The van der Waals surface area contributed by atoms with Gasteiger partial charge in [0.05, 0.1) is 9.77 Å². The Morgan fingerprint density at radius 2 is 1.96 bits per heavy atom. The molecular formula is C14H16N4O3S2. The summed E-state index contributed by atoms with van der Waals surface area (Å²) in [7, 11) is -3.59. The van der Waals surface area contributed by atoms with Crippen LogP contribution in [0.5, 0.6) is 0 Å². The first-order valence-electron chi connectivity index (χ1n) is 7.03. The summed E-state index contributed by atoms with van der Waals surface area (Å²) in [6.45, 7) is 1.90. The normalized spacial score (nSPS) is 16.4. The zero-order valence-electron chi connectivity index (χ0n) is 12.3. The van der Waals surface area contributed by atoms with E-state index >= 15 is 0 Å². The molecule has 1 aliphatic rings. The molecule has 0 aromatic carbocycles. The van der Waals surface area contributed by atoms with Gasteiger partial charge >= 0.3 is 0 Å². The number of thiophene rings is 1. The summed E-state index contributed by atoms with van der Waals surface area (Å²) >= 11 is 1.05. The van der Waals surface area contributed by atoms with Gasteiger partial charge in [-0.15, -0.1) is 11.3 Å². The highest BCUT2D eigenvalue weighted by Gasteiger charge is 2.30. The van der Waals surface area contributed by atoms with Crippen LogP contribution < -0.4 is 10.6 Å². The number of pyridine rings is 1. The number of rotatable bonds is 4. The summed E-state index contributed by atoms with van der Waals surface area (Å²) in [5.74, 6) is 0.229. The van der Waals surface area contributed by atoms with Crippen LogP contribution in [0.25, 0.3) is 0 Å². The van der Waals surface area contributed by atoms with Gasteiger partial charge < -0.3 is 10.6 Å². The van der Waals surface area contributed by atoms with E-state index in [4.69, 9.17) is 5.73 Å². The van der Waals surface area contributed by atoms with E-state index in [1.54, 1.807) is 6.20 Å². The Labute approximate surface area is 138 Å². The third kappa shape index (κ3) is 3.21. The molecule has 2 aromatic heterocycles. The molecule has 0 saturated carbocycles. The van der Waals surface area contributed by atoms with Gasteiger partial charge in [-0.1, -0.05) is 6.07 Å². The second-order valence-electron chi connectivity index (χ2n) is 5.09. The minimum atomic E-state index is -3.59. The van der Waals surface area contributed by atoms with Crippen molar-refractivity contribution in [2.75, 3.05) is 31.1 Å². The van der Waals surface area contributed by atoms with Crippen LogP contribution in [0.15, 0.2) is 40.7 Å². The lowest BCUT2D eigenvalue weighted by molar-refractivity contribution is 0.100. The Balaban J connectivity index is 1.72. The van der Waals surface area contributed by atoms with E-state index in [2.05, 4.69) is 9.88 Å². The molecule has 3 rings (SSSR count). The van der Waals surface area contributed by atoms with Gasteiger partial charge in [0.25, 0.3) is 5.91 Å². The van der Waals surface area contributed by atoms with E-state index in [1.165, 1.54) is 15.8 Å². The van der Waals surface area contributed by atoms with E-state index in [-0.39, 0.29) is 9.77 Å². The highest BCUT2D eigenvalue weighted by Crippen LogP contribution is 2.24. The molecule has 7 nitrogen and oxygen atoms in total. The molecule has 1 amide bonds. The summed E-state index contributed by atoms with van der Waals surface area (Å²) in [4.78, 5) is 17.8. The third-order valence-electron chi connectivity index (χ3n) is 3.67. The number of carbonyl (C=O) groups is 1. The number of nitrogens with zero attached hydrogens (tertiary/aromatic N) is 3. The van der Waals surface area contributed by atoms with Crippen LogP contribution in [-0.2, 0) is 10.0 Å². The SMILES string of the molecule is NC(=O)c1cc(S(=O)(=O)N2CCN(c3ccccn3)CC2)cs1. The van der Waals surface area contributed by atoms with Crippen LogP contribution >= 0.6 is 11.3 Å². The summed E-state index contributed by atoms with van der Waals surface area (Å²) < 4.78 is 26.7. The first-order chi connectivity index (χ1) is 11.0. The van der Waals surface area contributed by atoms with Gasteiger partial charge in [0, 0.05) is 37.8 Å². The smallest absolute Gasteiger partial charge is 0.258 e. The fourth-order valence-corrected chi connectivity index (χ4v) is 4.97. The Morgan fingerprint density at radius 3 is 2.52 bits per heavy atom. The summed E-state index contributed by atoms with van der Waals surface area (Å²) in [5, 5.41) is 1.46. The fraction of sp³-hybridized carbons (Fsp3) is 0.286. The molecular weight excluding hydrogens is 336 g/mol. The number of hydrogen-bond donors (Lipinski definition) is 1. The second-order valence-corrected chi connectivity index (χ2v) is 7.94. The molecule has 3 heterocycles. The summed E-state index contributed by atoms with van der Waals surface area (Å²) in [5.41, 5.74) is 5.18. The Kier molecular flexibility index (Phi) is 4.33. The standard InChI is InChI=1S/C14H16N4O3S2/c15-14(19)12-9-11(10-22-12)23(20,21)18-7-5-17(6-8-18)13-3-1-2-4-16-13/h1-4,9-10H,5-8H2,(H2,15,19). The van der Waals surface area contributed by atoms with Crippen LogP contribution in [0, 0.1) is 0 Å². The minimum absolute atomic E-state index is 0.127. The van der Waals surface area contributed by atoms with Crippen molar-refractivity contribution >= 4 is 33.1 Å². The largest absolute Gasteiger partial charge is 0.365 e. The first kappa shape index (κ1) is 15.9. The molecule has 2 N–H and O–H groups in total. The van der Waals surface area contributed by atoms with Crippen molar-refractivity contribution in [3.8, 4) is 0 Å². The molecule has 1 fully saturated rings. The highest BCUT2D eigenvalue weighted by molar-refractivity contribution is 7.89. The van der Waals surface area contributed by atoms with E-state index in [0.717, 1.165) is 17.2 Å². The molecule has 122 valence electrons. The summed E-state index contributed by atoms with van der Waals surface area (Å²) in [6.07, 6.45) is 1.72. The Hall–Kier alpha value is -1.97. The molecule has 0 unspecified atom stereocenters. The van der Waals surface area contributed by atoms with Crippen molar-refractivity contribution in [2.45, 2.75) is 4.90 Å². The fourth-order valence-electron chi connectivity index (χ4n) is 2.43. The number of aromatic nitrogens is 1. The monoisotopic (exact) mass is 352 g/mol. The van der Waals surface area contributed by atoms with Gasteiger partial charge in [-0.2, -0.15) is 4.31 Å². The zero-order chi connectivity index (χ0) is 16.4. The number of anilines is 1. The van der Waals surface area contributed by atoms with Gasteiger partial charge in [-0.25, -0.2) is 13.4 Å². The molecule has 1 aliphatic heterocycles. The van der Waals surface area contributed by atoms with Gasteiger partial charge in [-0.05, 0) is 18.2 Å². The van der Waals surface area contributed by atoms with Crippen molar-refractivity contribution in [3.63, 3.8) is 0 Å². The molecule has 0 atom stereocenters. The quantitative estimate of drug-likeness (QED) is 0.876. The molecule has 0 aliphatic carbocycles. The van der Waals surface area contributed by atoms with E-state index in [0.29, 0.717) is 26.2 Å². The van der Waals surface area contributed by atoms with Crippen LogP contribution in [0.3, 0.4) is 0 Å². The molecule has 9 heteroatoms. The number of hydrogen-bond acceptors (Lipinski definition) is 6. The lowest BCUT2D eigenvalue weighted by atomic mass is 10.3. The topological polar surface area (TPSA) is 96.6 Å². The van der Waals surface area contributed by atoms with Crippen LogP contribution in [-0.4, -0.2) is 49.8 Å². The molecule has 0 spiro atoms. The Bertz CT molecular complexity index is 796. The first-order valence-corrected chi connectivity index (χ1v) is 9.35. The number of sulfonamides is 1. The molecule has 2 aromatic rings. The van der Waals surface area contributed by atoms with Crippen molar-refractivity contribution in [3.05, 3.63) is 40.7 Å². The van der Waals surface area contributed by atoms with Gasteiger partial charge in [0.15, 0.2) is 0 Å². The van der Waals surface area contributed by atoms with Crippen LogP contribution in [0.2, 0.25) is 0 Å². The van der Waals surface area contributed by atoms with E-state index < -0.39 is 15.9 Å². The van der Waals surface area contributed by atoms with Crippen molar-refractivity contribution in [1.29, 1.82) is 0 Å². The maximum absolute atomic E-state index is 12.6. The average molecular weight is 352 g/mol. The number of carbonyl (C=O) groups excluding carboxylic acids is 1. The number of nitrogens with two attached hydrogens (primary N) is 1. The number of amides is 1. The lowest BCUT2D eigenvalue weighted by Gasteiger charge is -2.34. The highest BCUT2D eigenvalue weighted by atomic mass is 32.2.